The van der Waals surface area contributed by atoms with Crippen LogP contribution in [0.2, 0.25) is 5.02 Å². The highest BCUT2D eigenvalue weighted by atomic mass is 35.5. The Bertz CT molecular complexity index is 1240. The molecule has 1 aliphatic rings. The minimum absolute atomic E-state index is 0.0106. The molecule has 4 nitrogen and oxygen atoms in total. The molecular formula is C21H12ClF5N2O2S. The number of alkyl halides is 3. The van der Waals surface area contributed by atoms with Crippen LogP contribution in [-0.4, -0.2) is 11.8 Å². The molecule has 2 aromatic carbocycles. The number of nitrogens with one attached hydrogen (secondary N) is 2. The van der Waals surface area contributed by atoms with E-state index < -0.39 is 40.9 Å². The largest absolute Gasteiger partial charge is 0.416 e. The smallest absolute Gasteiger partial charge is 0.345 e. The summed E-state index contributed by atoms with van der Waals surface area (Å²) >= 11 is 7.23. The number of hydrogen-bond acceptors (Lipinski definition) is 3. The van der Waals surface area contributed by atoms with Crippen molar-refractivity contribution in [3.63, 3.8) is 0 Å². The molecule has 2 N–H and O–H groups in total. The highest BCUT2D eigenvalue weighted by Gasteiger charge is 2.34. The number of carbonyl (C=O) groups excluding carboxylic acids is 2. The zero-order valence-corrected chi connectivity index (χ0v) is 17.4. The Labute approximate surface area is 187 Å². The molecule has 2 amide bonds. The second-order valence-corrected chi connectivity index (χ2v) is 8.31. The van der Waals surface area contributed by atoms with Crippen molar-refractivity contribution in [3.05, 3.63) is 86.3 Å². The monoisotopic (exact) mass is 486 g/mol. The molecule has 1 unspecified atom stereocenters. The predicted octanol–water partition coefficient (Wildman–Crippen LogP) is 5.71. The van der Waals surface area contributed by atoms with Crippen molar-refractivity contribution in [3.8, 4) is 0 Å². The minimum Gasteiger partial charge on any atom is -0.345 e. The summed E-state index contributed by atoms with van der Waals surface area (Å²) < 4.78 is 66.5. The minimum atomic E-state index is -4.83. The van der Waals surface area contributed by atoms with Crippen LogP contribution in [-0.2, 0) is 17.4 Å². The Morgan fingerprint density at radius 3 is 2.59 bits per heavy atom. The zero-order valence-electron chi connectivity index (χ0n) is 15.8. The Balaban J connectivity index is 1.72. The van der Waals surface area contributed by atoms with Crippen molar-refractivity contribution in [2.24, 2.45) is 0 Å². The maximum atomic E-state index is 13.8. The molecule has 4 rings (SSSR count). The lowest BCUT2D eigenvalue weighted by molar-refractivity contribution is -0.137. The van der Waals surface area contributed by atoms with Gasteiger partial charge in [0, 0.05) is 21.7 Å². The summed E-state index contributed by atoms with van der Waals surface area (Å²) in [5, 5.41) is 7.17. The number of thiophene rings is 1. The molecule has 3 aromatic rings. The van der Waals surface area contributed by atoms with Crippen molar-refractivity contribution in [2.45, 2.75) is 18.6 Å². The molecule has 0 spiro atoms. The predicted molar refractivity (Wildman–Crippen MR) is 109 cm³/mol. The first-order valence-corrected chi connectivity index (χ1v) is 10.3. The van der Waals surface area contributed by atoms with E-state index in [2.05, 4.69) is 10.6 Å². The maximum Gasteiger partial charge on any atom is 0.416 e. The number of fused-ring (bicyclic) bond motifs is 1. The van der Waals surface area contributed by atoms with E-state index in [0.717, 1.165) is 23.5 Å². The van der Waals surface area contributed by atoms with Gasteiger partial charge in [-0.1, -0.05) is 11.6 Å². The molecule has 1 aromatic heterocycles. The summed E-state index contributed by atoms with van der Waals surface area (Å²) in [4.78, 5) is 24.8. The van der Waals surface area contributed by atoms with Crippen molar-refractivity contribution >= 4 is 39.8 Å². The fraction of sp³-hybridized carbons (Fsp3) is 0.143. The molecule has 0 saturated carbocycles. The topological polar surface area (TPSA) is 58.2 Å². The van der Waals surface area contributed by atoms with Crippen molar-refractivity contribution in [1.29, 1.82) is 0 Å². The SMILES string of the molecule is O=C1Cc2csc(NC(=O)c3cc(F)cc(C(F)(F)F)c3)c2C(c2cc(F)ccc2Cl)N1. The van der Waals surface area contributed by atoms with E-state index >= 15 is 0 Å². The molecule has 11 heteroatoms. The Morgan fingerprint density at radius 2 is 1.88 bits per heavy atom. The molecule has 0 radical (unpaired) electrons. The van der Waals surface area contributed by atoms with Crippen LogP contribution in [0, 0.1) is 11.6 Å². The van der Waals surface area contributed by atoms with E-state index in [1.54, 1.807) is 5.38 Å². The van der Waals surface area contributed by atoms with Gasteiger partial charge in [0.2, 0.25) is 5.91 Å². The molecule has 32 heavy (non-hydrogen) atoms. The van der Waals surface area contributed by atoms with E-state index in [-0.39, 0.29) is 27.9 Å². The highest BCUT2D eigenvalue weighted by molar-refractivity contribution is 7.14. The molecule has 0 saturated heterocycles. The molecule has 0 fully saturated rings. The molecule has 166 valence electrons. The van der Waals surface area contributed by atoms with Crippen molar-refractivity contribution in [2.75, 3.05) is 5.32 Å². The number of amides is 2. The zero-order chi connectivity index (χ0) is 23.2. The normalized spacial score (nSPS) is 15.8. The lowest BCUT2D eigenvalue weighted by atomic mass is 9.92. The third-order valence-electron chi connectivity index (χ3n) is 4.84. The quantitative estimate of drug-likeness (QED) is 0.466. The number of hydrogen-bond donors (Lipinski definition) is 2. The summed E-state index contributed by atoms with van der Waals surface area (Å²) in [6, 6.07) is 4.25. The molecule has 2 heterocycles. The first kappa shape index (κ1) is 22.2. The van der Waals surface area contributed by atoms with Gasteiger partial charge in [-0.3, -0.25) is 9.59 Å². The van der Waals surface area contributed by atoms with E-state index in [0.29, 0.717) is 29.3 Å². The lowest BCUT2D eigenvalue weighted by Gasteiger charge is -2.27. The third-order valence-corrected chi connectivity index (χ3v) is 6.14. The molecule has 1 atom stereocenters. The molecule has 1 aliphatic heterocycles. The van der Waals surface area contributed by atoms with Crippen molar-refractivity contribution < 1.29 is 31.5 Å². The molecule has 0 aliphatic carbocycles. The van der Waals surface area contributed by atoms with Crippen LogP contribution in [0.4, 0.5) is 27.0 Å². The Hall–Kier alpha value is -2.98. The lowest BCUT2D eigenvalue weighted by Crippen LogP contribution is -2.36. The summed E-state index contributed by atoms with van der Waals surface area (Å²) in [7, 11) is 0. The van der Waals surface area contributed by atoms with Gasteiger partial charge in [0.15, 0.2) is 0 Å². The average Bonchev–Trinajstić information content (AvgIpc) is 3.10. The van der Waals surface area contributed by atoms with Crippen LogP contribution in [0.15, 0.2) is 41.8 Å². The van der Waals surface area contributed by atoms with E-state index in [1.165, 1.54) is 6.07 Å². The summed E-state index contributed by atoms with van der Waals surface area (Å²) in [6.45, 7) is 0. The van der Waals surface area contributed by atoms with Crippen LogP contribution < -0.4 is 10.6 Å². The number of halogens is 6. The average molecular weight is 487 g/mol. The summed E-state index contributed by atoms with van der Waals surface area (Å²) in [6.07, 6.45) is -4.84. The number of benzene rings is 2. The third kappa shape index (κ3) is 4.33. The first-order valence-electron chi connectivity index (χ1n) is 9.06. The van der Waals surface area contributed by atoms with Gasteiger partial charge in [0.25, 0.3) is 5.91 Å². The fourth-order valence-corrected chi connectivity index (χ4v) is 4.66. The van der Waals surface area contributed by atoms with Crippen LogP contribution in [0.5, 0.6) is 0 Å². The maximum absolute atomic E-state index is 13.8. The van der Waals surface area contributed by atoms with Crippen LogP contribution in [0.25, 0.3) is 0 Å². The first-order chi connectivity index (χ1) is 15.0. The van der Waals surface area contributed by atoms with Crippen LogP contribution >= 0.6 is 22.9 Å². The van der Waals surface area contributed by atoms with Crippen LogP contribution in [0.3, 0.4) is 0 Å². The van der Waals surface area contributed by atoms with Gasteiger partial charge in [-0.25, -0.2) is 8.78 Å². The van der Waals surface area contributed by atoms with Crippen LogP contribution in [0.1, 0.15) is 38.7 Å². The molecule has 0 bridgehead atoms. The number of rotatable bonds is 3. The Morgan fingerprint density at radius 1 is 1.12 bits per heavy atom. The van der Waals surface area contributed by atoms with Crippen molar-refractivity contribution in [1.82, 2.24) is 5.32 Å². The number of carbonyl (C=O) groups is 2. The van der Waals surface area contributed by atoms with Gasteiger partial charge < -0.3 is 10.6 Å². The summed E-state index contributed by atoms with van der Waals surface area (Å²) in [5.74, 6) is -3.13. The standard InChI is InChI=1S/C21H12ClF5N2O2S/c22-15-2-1-12(23)7-14(15)18-17-10(5-16(30)28-18)8-32-20(17)29-19(31)9-3-11(21(25,26)27)6-13(24)4-9/h1-4,6-8,18H,5H2,(H,28,30)(H,29,31). The van der Waals surface area contributed by atoms with Gasteiger partial charge >= 0.3 is 6.18 Å². The van der Waals surface area contributed by atoms with Gasteiger partial charge in [-0.15, -0.1) is 11.3 Å². The van der Waals surface area contributed by atoms with Gasteiger partial charge in [0.05, 0.1) is 18.0 Å². The van der Waals surface area contributed by atoms with Gasteiger partial charge in [-0.05, 0) is 47.3 Å². The van der Waals surface area contributed by atoms with Gasteiger partial charge in [-0.2, -0.15) is 13.2 Å². The highest BCUT2D eigenvalue weighted by Crippen LogP contribution is 2.41. The summed E-state index contributed by atoms with van der Waals surface area (Å²) in [5.41, 5.74) is -0.593. The van der Waals surface area contributed by atoms with E-state index in [4.69, 9.17) is 11.6 Å². The fourth-order valence-electron chi connectivity index (χ4n) is 3.44. The second-order valence-electron chi connectivity index (χ2n) is 7.03. The Kier molecular flexibility index (Phi) is 5.68. The number of anilines is 1. The van der Waals surface area contributed by atoms with Gasteiger partial charge in [0.1, 0.15) is 16.6 Å². The second kappa shape index (κ2) is 8.18. The van der Waals surface area contributed by atoms with E-state index in [9.17, 15) is 31.5 Å². The van der Waals surface area contributed by atoms with E-state index in [1.807, 2.05) is 0 Å². The molecular weight excluding hydrogens is 475 g/mol.